The van der Waals surface area contributed by atoms with Crippen LogP contribution in [0, 0.1) is 5.82 Å². The molecule has 2 aromatic rings. The van der Waals surface area contributed by atoms with E-state index in [0.717, 1.165) is 43.7 Å². The predicted molar refractivity (Wildman–Crippen MR) is 109 cm³/mol. The quantitative estimate of drug-likeness (QED) is 0.741. The summed E-state index contributed by atoms with van der Waals surface area (Å²) in [7, 11) is -0.339. The summed E-state index contributed by atoms with van der Waals surface area (Å²) >= 11 is 0. The zero-order chi connectivity index (χ0) is 20.1. The summed E-state index contributed by atoms with van der Waals surface area (Å²) in [4.78, 5) is 4.94. The molecule has 0 amide bonds. The SMILES string of the molecule is CN(C)S(=O)(=O)c1cccc(CN2CCCN(Cc3ccccc3F)CC2)c1. The number of hydrogen-bond donors (Lipinski definition) is 0. The van der Waals surface area contributed by atoms with Crippen molar-refractivity contribution < 1.29 is 12.8 Å². The molecule has 1 saturated heterocycles. The standard InChI is InChI=1S/C21H28FN3O2S/c1-23(2)28(26,27)20-9-5-7-18(15-20)16-24-11-6-12-25(14-13-24)17-19-8-3-4-10-21(19)22/h3-5,7-10,15H,6,11-14,16-17H2,1-2H3. The first-order chi connectivity index (χ1) is 13.4. The molecule has 3 rings (SSSR count). The van der Waals surface area contributed by atoms with E-state index in [-0.39, 0.29) is 5.82 Å². The van der Waals surface area contributed by atoms with Crippen LogP contribution in [0.1, 0.15) is 17.5 Å². The molecular weight excluding hydrogens is 377 g/mol. The van der Waals surface area contributed by atoms with Crippen LogP contribution in [-0.2, 0) is 23.1 Å². The van der Waals surface area contributed by atoms with Crippen LogP contribution in [-0.4, -0.2) is 62.8 Å². The lowest BCUT2D eigenvalue weighted by atomic mass is 10.2. The van der Waals surface area contributed by atoms with Gasteiger partial charge in [-0.15, -0.1) is 0 Å². The van der Waals surface area contributed by atoms with Crippen LogP contribution in [0.25, 0.3) is 0 Å². The van der Waals surface area contributed by atoms with Crippen molar-refractivity contribution in [3.05, 3.63) is 65.5 Å². The van der Waals surface area contributed by atoms with E-state index in [4.69, 9.17) is 0 Å². The van der Waals surface area contributed by atoms with Crippen molar-refractivity contribution in [2.24, 2.45) is 0 Å². The predicted octanol–water partition coefficient (Wildman–Crippen LogP) is 2.78. The van der Waals surface area contributed by atoms with E-state index in [1.807, 2.05) is 18.2 Å². The average molecular weight is 406 g/mol. The maximum Gasteiger partial charge on any atom is 0.242 e. The minimum Gasteiger partial charge on any atom is -0.298 e. The number of sulfonamides is 1. The molecule has 0 aliphatic carbocycles. The van der Waals surface area contributed by atoms with Crippen LogP contribution >= 0.6 is 0 Å². The van der Waals surface area contributed by atoms with Gasteiger partial charge in [-0.25, -0.2) is 17.1 Å². The number of rotatable bonds is 6. The fourth-order valence-electron chi connectivity index (χ4n) is 3.48. The summed E-state index contributed by atoms with van der Waals surface area (Å²) in [6.45, 7) is 4.95. The molecule has 2 aromatic carbocycles. The molecule has 0 spiro atoms. The summed E-state index contributed by atoms with van der Waals surface area (Å²) < 4.78 is 39.8. The Kier molecular flexibility index (Phi) is 6.82. The van der Waals surface area contributed by atoms with Gasteiger partial charge in [-0.05, 0) is 43.3 Å². The van der Waals surface area contributed by atoms with E-state index in [1.165, 1.54) is 10.4 Å². The van der Waals surface area contributed by atoms with Gasteiger partial charge in [0.2, 0.25) is 10.0 Å². The van der Waals surface area contributed by atoms with Crippen LogP contribution < -0.4 is 0 Å². The Labute approximate surface area is 167 Å². The van der Waals surface area contributed by atoms with Crippen molar-refractivity contribution in [3.63, 3.8) is 0 Å². The third kappa shape index (κ3) is 5.17. The molecule has 1 fully saturated rings. The maximum absolute atomic E-state index is 13.9. The van der Waals surface area contributed by atoms with E-state index >= 15 is 0 Å². The molecule has 7 heteroatoms. The van der Waals surface area contributed by atoms with E-state index in [2.05, 4.69) is 9.80 Å². The first-order valence-electron chi connectivity index (χ1n) is 9.56. The molecule has 0 unspecified atom stereocenters. The number of halogens is 1. The Balaban J connectivity index is 1.62. The van der Waals surface area contributed by atoms with Crippen LogP contribution in [0.4, 0.5) is 4.39 Å². The first kappa shape index (κ1) is 20.9. The largest absolute Gasteiger partial charge is 0.298 e. The Hall–Kier alpha value is -1.80. The molecule has 0 N–H and O–H groups in total. The van der Waals surface area contributed by atoms with Gasteiger partial charge in [-0.3, -0.25) is 9.80 Å². The van der Waals surface area contributed by atoms with Gasteiger partial charge in [0.15, 0.2) is 0 Å². The topological polar surface area (TPSA) is 43.9 Å². The van der Waals surface area contributed by atoms with Gasteiger partial charge in [-0.1, -0.05) is 30.3 Å². The van der Waals surface area contributed by atoms with Crippen molar-refractivity contribution in [3.8, 4) is 0 Å². The molecule has 28 heavy (non-hydrogen) atoms. The lowest BCUT2D eigenvalue weighted by Gasteiger charge is -2.22. The zero-order valence-corrected chi connectivity index (χ0v) is 17.3. The fraction of sp³-hybridized carbons (Fsp3) is 0.429. The molecule has 0 atom stereocenters. The van der Waals surface area contributed by atoms with Crippen LogP contribution in [0.3, 0.4) is 0 Å². The van der Waals surface area contributed by atoms with E-state index in [9.17, 15) is 12.8 Å². The molecule has 1 aliphatic heterocycles. The number of nitrogens with zero attached hydrogens (tertiary/aromatic N) is 3. The number of benzene rings is 2. The minimum absolute atomic E-state index is 0.150. The Morgan fingerprint density at radius 3 is 2.29 bits per heavy atom. The summed E-state index contributed by atoms with van der Waals surface area (Å²) in [6, 6.07) is 14.1. The first-order valence-corrected chi connectivity index (χ1v) is 11.0. The number of hydrogen-bond acceptors (Lipinski definition) is 4. The minimum atomic E-state index is -3.42. The molecule has 0 saturated carbocycles. The second kappa shape index (κ2) is 9.13. The average Bonchev–Trinajstić information content (AvgIpc) is 2.89. The molecule has 0 radical (unpaired) electrons. The summed E-state index contributed by atoms with van der Waals surface area (Å²) in [5.41, 5.74) is 1.73. The third-order valence-electron chi connectivity index (χ3n) is 5.12. The molecule has 5 nitrogen and oxygen atoms in total. The van der Waals surface area contributed by atoms with Gasteiger partial charge in [0.25, 0.3) is 0 Å². The highest BCUT2D eigenvalue weighted by Crippen LogP contribution is 2.18. The second-order valence-corrected chi connectivity index (χ2v) is 9.58. The Morgan fingerprint density at radius 1 is 0.929 bits per heavy atom. The van der Waals surface area contributed by atoms with Crippen molar-refractivity contribution in [2.75, 3.05) is 40.3 Å². The van der Waals surface area contributed by atoms with Gasteiger partial charge in [-0.2, -0.15) is 0 Å². The Bertz CT molecular complexity index is 902. The molecule has 152 valence electrons. The van der Waals surface area contributed by atoms with Crippen molar-refractivity contribution in [1.29, 1.82) is 0 Å². The normalized spacial score (nSPS) is 17.0. The highest BCUT2D eigenvalue weighted by Gasteiger charge is 2.19. The fourth-order valence-corrected chi connectivity index (χ4v) is 4.45. The molecular formula is C21H28FN3O2S. The second-order valence-electron chi connectivity index (χ2n) is 7.43. The van der Waals surface area contributed by atoms with Crippen LogP contribution in [0.5, 0.6) is 0 Å². The highest BCUT2D eigenvalue weighted by molar-refractivity contribution is 7.89. The lowest BCUT2D eigenvalue weighted by Crippen LogP contribution is -2.30. The molecule has 0 aromatic heterocycles. The van der Waals surface area contributed by atoms with Gasteiger partial charge < -0.3 is 0 Å². The van der Waals surface area contributed by atoms with Gasteiger partial charge in [0, 0.05) is 45.8 Å². The van der Waals surface area contributed by atoms with E-state index in [1.54, 1.807) is 38.4 Å². The summed E-state index contributed by atoms with van der Waals surface area (Å²) in [6.07, 6.45) is 1.00. The van der Waals surface area contributed by atoms with Crippen molar-refractivity contribution >= 4 is 10.0 Å². The smallest absolute Gasteiger partial charge is 0.242 e. The van der Waals surface area contributed by atoms with Gasteiger partial charge in [0.1, 0.15) is 5.82 Å². The lowest BCUT2D eigenvalue weighted by molar-refractivity contribution is 0.245. The van der Waals surface area contributed by atoms with Crippen LogP contribution in [0.2, 0.25) is 0 Å². The zero-order valence-electron chi connectivity index (χ0n) is 16.5. The third-order valence-corrected chi connectivity index (χ3v) is 6.93. The van der Waals surface area contributed by atoms with E-state index < -0.39 is 10.0 Å². The van der Waals surface area contributed by atoms with Gasteiger partial charge in [0.05, 0.1) is 4.90 Å². The maximum atomic E-state index is 13.9. The molecule has 0 bridgehead atoms. The van der Waals surface area contributed by atoms with Gasteiger partial charge >= 0.3 is 0 Å². The van der Waals surface area contributed by atoms with Crippen LogP contribution in [0.15, 0.2) is 53.4 Å². The molecule has 1 aliphatic rings. The summed E-state index contributed by atoms with van der Waals surface area (Å²) in [5.74, 6) is -0.150. The Morgan fingerprint density at radius 2 is 1.61 bits per heavy atom. The molecule has 1 heterocycles. The monoisotopic (exact) mass is 405 g/mol. The summed E-state index contributed by atoms with van der Waals surface area (Å²) in [5, 5.41) is 0. The highest BCUT2D eigenvalue weighted by atomic mass is 32.2. The van der Waals surface area contributed by atoms with Crippen molar-refractivity contribution in [1.82, 2.24) is 14.1 Å². The van der Waals surface area contributed by atoms with Crippen molar-refractivity contribution in [2.45, 2.75) is 24.4 Å². The van der Waals surface area contributed by atoms with E-state index in [0.29, 0.717) is 18.0 Å².